The van der Waals surface area contributed by atoms with Crippen LogP contribution < -0.4 is 17.0 Å². The molecule has 3 aromatic heterocycles. The molecule has 2 aliphatic heterocycles. The first kappa shape index (κ1) is 31.5. The zero-order valence-electron chi connectivity index (χ0n) is 21.4. The van der Waals surface area contributed by atoms with Crippen molar-refractivity contribution in [2.75, 3.05) is 18.9 Å². The van der Waals surface area contributed by atoms with E-state index >= 15 is 0 Å². The highest BCUT2D eigenvalue weighted by atomic mass is 31.2. The Morgan fingerprint density at radius 1 is 0.953 bits per heavy atom. The fourth-order valence-corrected chi connectivity index (χ4v) is 5.81. The number of aromatic amines is 1. The second-order valence-electron chi connectivity index (χ2n) is 9.32. The van der Waals surface area contributed by atoms with Crippen molar-refractivity contribution < 1.29 is 62.2 Å². The minimum Gasteiger partial charge on any atom is -0.387 e. The van der Waals surface area contributed by atoms with Crippen LogP contribution in [0, 0.1) is 0 Å². The molecule has 9 N–H and O–H groups in total. The molecule has 22 nitrogen and oxygen atoms in total. The van der Waals surface area contributed by atoms with E-state index in [-0.39, 0.29) is 17.0 Å². The van der Waals surface area contributed by atoms with Crippen molar-refractivity contribution in [3.8, 4) is 0 Å². The van der Waals surface area contributed by atoms with E-state index < -0.39 is 89.2 Å². The summed E-state index contributed by atoms with van der Waals surface area (Å²) in [7, 11) is -10.3. The van der Waals surface area contributed by atoms with Gasteiger partial charge in [-0.25, -0.2) is 23.9 Å². The molecular weight excluding hydrogens is 628 g/mol. The maximum Gasteiger partial charge on any atom is 0.472 e. The lowest BCUT2D eigenvalue weighted by Gasteiger charge is -2.24. The highest BCUT2D eigenvalue weighted by Gasteiger charge is 2.51. The Morgan fingerprint density at radius 3 is 2.33 bits per heavy atom. The van der Waals surface area contributed by atoms with Crippen molar-refractivity contribution in [2.45, 2.75) is 49.1 Å². The number of phosphoric acid groups is 2. The fraction of sp³-hybridized carbons (Fsp3) is 0.526. The van der Waals surface area contributed by atoms with Crippen molar-refractivity contribution in [3.05, 3.63) is 45.8 Å². The largest absolute Gasteiger partial charge is 0.472 e. The maximum atomic E-state index is 12.9. The molecule has 5 rings (SSSR count). The first-order valence-corrected chi connectivity index (χ1v) is 15.1. The number of nitrogen functional groups attached to an aromatic ring is 1. The SMILES string of the molecule is Nc1ccn([C@@H]2O[C@H](COP(=O)(O)O)[C@@H](OP(=O)(O)OC[C@H]3O[C@@H](n4cnc5c(=O)[nH]cnc54)[C@H](O)[C@@H]3O)[C@H]2O)c(=O)n1. The smallest absolute Gasteiger partial charge is 0.387 e. The van der Waals surface area contributed by atoms with Crippen molar-refractivity contribution >= 4 is 32.6 Å². The second kappa shape index (κ2) is 11.9. The molecular formula is C19H25N7O15P2. The molecule has 0 aliphatic carbocycles. The third-order valence-corrected chi connectivity index (χ3v) is 7.95. The lowest BCUT2D eigenvalue weighted by molar-refractivity contribution is -0.0589. The van der Waals surface area contributed by atoms with Gasteiger partial charge >= 0.3 is 21.3 Å². The summed E-state index contributed by atoms with van der Waals surface area (Å²) in [5.74, 6) is -0.161. The Kier molecular flexibility index (Phi) is 8.68. The van der Waals surface area contributed by atoms with Crippen LogP contribution >= 0.6 is 15.6 Å². The van der Waals surface area contributed by atoms with Gasteiger partial charge in [0, 0.05) is 6.20 Å². The topological polar surface area (TPSA) is 326 Å². The van der Waals surface area contributed by atoms with Gasteiger partial charge in [0.15, 0.2) is 23.6 Å². The van der Waals surface area contributed by atoms with Gasteiger partial charge in [-0.2, -0.15) is 4.98 Å². The number of nitrogens with one attached hydrogen (secondary N) is 1. The van der Waals surface area contributed by atoms with Gasteiger partial charge in [-0.15, -0.1) is 0 Å². The van der Waals surface area contributed by atoms with E-state index in [9.17, 15) is 38.9 Å². The van der Waals surface area contributed by atoms with Crippen molar-refractivity contribution in [2.24, 2.45) is 0 Å². The molecule has 2 fully saturated rings. The number of rotatable bonds is 10. The van der Waals surface area contributed by atoms with E-state index in [1.807, 2.05) is 0 Å². The van der Waals surface area contributed by atoms with Gasteiger partial charge in [0.2, 0.25) is 0 Å². The standard InChI is InChI=1S/C19H25N7O15P2/c20-9-1-2-25(19(31)24-9)18-13(29)14(8(40-18)4-37-42(32,33)34)41-43(35,36)38-3-7-11(27)12(28)17(39-7)26-6-23-10-15(26)21-5-22-16(10)30/h1-2,5-8,11-14,17-18,27-29H,3-4H2,(H,35,36)(H2,20,24,31)(H,21,22,30)(H2,32,33,34)/t7-,8-,11-,12-,13-,14-,17-,18-/m1/s1. The van der Waals surface area contributed by atoms with E-state index in [0.29, 0.717) is 0 Å². The van der Waals surface area contributed by atoms with Gasteiger partial charge in [-0.3, -0.25) is 27.5 Å². The minimum absolute atomic E-state index is 0.0153. The van der Waals surface area contributed by atoms with Crippen LogP contribution in [0.15, 0.2) is 34.5 Å². The van der Waals surface area contributed by atoms with Gasteiger partial charge in [-0.05, 0) is 6.07 Å². The van der Waals surface area contributed by atoms with Crippen LogP contribution in [0.5, 0.6) is 0 Å². The number of hydrogen-bond donors (Lipinski definition) is 8. The molecule has 3 aromatic rings. The number of ether oxygens (including phenoxy) is 2. The summed E-state index contributed by atoms with van der Waals surface area (Å²) < 4.78 is 51.4. The second-order valence-corrected chi connectivity index (χ2v) is 12.0. The molecule has 9 atom stereocenters. The van der Waals surface area contributed by atoms with Crippen molar-refractivity contribution in [1.29, 1.82) is 0 Å². The van der Waals surface area contributed by atoms with Crippen molar-refractivity contribution in [3.63, 3.8) is 0 Å². The molecule has 0 amide bonds. The Bertz CT molecular complexity index is 1690. The van der Waals surface area contributed by atoms with Crippen LogP contribution in [0.25, 0.3) is 11.2 Å². The number of aliphatic hydroxyl groups excluding tert-OH is 3. The van der Waals surface area contributed by atoms with Gasteiger partial charge in [-0.1, -0.05) is 0 Å². The molecule has 0 spiro atoms. The van der Waals surface area contributed by atoms with Crippen LogP contribution in [0.1, 0.15) is 12.5 Å². The van der Waals surface area contributed by atoms with E-state index in [0.717, 1.165) is 23.4 Å². The zero-order valence-corrected chi connectivity index (χ0v) is 23.2. The number of imidazole rings is 1. The third-order valence-electron chi connectivity index (χ3n) is 6.48. The summed E-state index contributed by atoms with van der Waals surface area (Å²) in [6, 6.07) is 1.18. The number of aliphatic hydroxyl groups is 3. The van der Waals surface area contributed by atoms with Gasteiger partial charge in [0.1, 0.15) is 42.4 Å². The number of fused-ring (bicyclic) bond motifs is 1. The summed E-state index contributed by atoms with van der Waals surface area (Å²) in [6.45, 7) is -1.82. The number of anilines is 1. The molecule has 2 saturated heterocycles. The quantitative estimate of drug-likeness (QED) is 0.0981. The Hall–Kier alpha value is -2.95. The molecule has 1 unspecified atom stereocenters. The highest BCUT2D eigenvalue weighted by Crippen LogP contribution is 2.49. The van der Waals surface area contributed by atoms with E-state index in [2.05, 4.69) is 24.5 Å². The van der Waals surface area contributed by atoms with Gasteiger partial charge in [0.05, 0.1) is 25.9 Å². The molecule has 43 heavy (non-hydrogen) atoms. The molecule has 0 aromatic carbocycles. The number of H-pyrrole nitrogens is 1. The number of aromatic nitrogens is 6. The van der Waals surface area contributed by atoms with Crippen molar-refractivity contribution in [1.82, 2.24) is 29.1 Å². The predicted molar refractivity (Wildman–Crippen MR) is 136 cm³/mol. The first-order valence-electron chi connectivity index (χ1n) is 12.1. The maximum absolute atomic E-state index is 12.9. The Balaban J connectivity index is 1.29. The normalized spacial score (nSPS) is 31.0. The molecule has 2 aliphatic rings. The van der Waals surface area contributed by atoms with Crippen LogP contribution in [0.4, 0.5) is 5.82 Å². The van der Waals surface area contributed by atoms with Gasteiger partial charge < -0.3 is 50.2 Å². The van der Waals surface area contributed by atoms with Crippen LogP contribution in [-0.4, -0.2) is 109 Å². The number of nitrogens with two attached hydrogens (primary N) is 1. The average Bonchev–Trinajstić information content (AvgIpc) is 3.57. The molecule has 0 saturated carbocycles. The molecule has 236 valence electrons. The summed E-state index contributed by atoms with van der Waals surface area (Å²) in [5.41, 5.74) is 3.83. The van der Waals surface area contributed by atoms with Crippen LogP contribution in [-0.2, 0) is 32.2 Å². The summed E-state index contributed by atoms with van der Waals surface area (Å²) >= 11 is 0. The predicted octanol–water partition coefficient (Wildman–Crippen LogP) is -3.55. The number of nitrogens with zero attached hydrogens (tertiary/aromatic N) is 5. The zero-order chi connectivity index (χ0) is 31.3. The molecule has 0 radical (unpaired) electrons. The van der Waals surface area contributed by atoms with E-state index in [4.69, 9.17) is 34.0 Å². The lowest BCUT2D eigenvalue weighted by atomic mass is 10.1. The van der Waals surface area contributed by atoms with Crippen LogP contribution in [0.3, 0.4) is 0 Å². The van der Waals surface area contributed by atoms with E-state index in [1.54, 1.807) is 0 Å². The van der Waals surface area contributed by atoms with Crippen LogP contribution in [0.2, 0.25) is 0 Å². The lowest BCUT2D eigenvalue weighted by Crippen LogP contribution is -2.38. The fourth-order valence-electron chi connectivity index (χ4n) is 4.50. The number of phosphoric ester groups is 2. The number of hydrogen-bond acceptors (Lipinski definition) is 16. The first-order chi connectivity index (χ1) is 20.1. The van der Waals surface area contributed by atoms with E-state index in [1.165, 1.54) is 10.6 Å². The molecule has 24 heteroatoms. The Labute approximate surface area is 238 Å². The highest BCUT2D eigenvalue weighted by molar-refractivity contribution is 7.47. The third kappa shape index (κ3) is 6.61. The average molecular weight is 653 g/mol. The minimum atomic E-state index is -5.21. The Morgan fingerprint density at radius 2 is 1.63 bits per heavy atom. The van der Waals surface area contributed by atoms with Gasteiger partial charge in [0.25, 0.3) is 5.56 Å². The molecule has 0 bridgehead atoms. The monoisotopic (exact) mass is 653 g/mol. The molecule has 5 heterocycles. The summed E-state index contributed by atoms with van der Waals surface area (Å²) in [4.78, 5) is 66.4. The summed E-state index contributed by atoms with van der Waals surface area (Å²) in [5, 5.41) is 31.8. The summed E-state index contributed by atoms with van der Waals surface area (Å²) in [6.07, 6.45) is -9.81.